The van der Waals surface area contributed by atoms with Gasteiger partial charge < -0.3 is 27.4 Å². The zero-order valence-corrected chi connectivity index (χ0v) is 83.8. The van der Waals surface area contributed by atoms with Gasteiger partial charge in [0.25, 0.3) is 0 Å². The molecule has 0 fully saturated rings. The van der Waals surface area contributed by atoms with E-state index in [1.165, 1.54) is 132 Å². The van der Waals surface area contributed by atoms with Crippen LogP contribution in [0.2, 0.25) is 0 Å². The van der Waals surface area contributed by atoms with Crippen molar-refractivity contribution in [2.24, 2.45) is 0 Å². The molecular formula is C132H66N12S6. The maximum Gasteiger partial charge on any atom is 0.104 e. The highest BCUT2D eigenvalue weighted by atomic mass is 32.1. The highest BCUT2D eigenvalue weighted by Crippen LogP contribution is 2.54. The topological polar surface area (TPSA) is 172 Å². The van der Waals surface area contributed by atoms with E-state index < -0.39 is 0 Å². The largest absolute Gasteiger partial charge is 0.309 e. The van der Waals surface area contributed by atoms with Crippen molar-refractivity contribution in [3.8, 4) is 70.5 Å². The Morgan fingerprint density at radius 3 is 0.627 bits per heavy atom. The Bertz CT molecular complexity index is 12000. The Hall–Kier alpha value is -19.3. The van der Waals surface area contributed by atoms with Crippen LogP contribution in [0.25, 0.3) is 286 Å². The van der Waals surface area contributed by atoms with Crippen LogP contribution in [0, 0.1) is 68.0 Å². The zero-order chi connectivity index (χ0) is 99.3. The average Bonchev–Trinajstić information content (AvgIpc) is 1.52. The molecule has 33 rings (SSSR count). The monoisotopic (exact) mass is 2010 g/mol. The Morgan fingerprint density at radius 1 is 0.153 bits per heavy atom. The van der Waals surface area contributed by atoms with Gasteiger partial charge in [0, 0.05) is 191 Å². The van der Waals surface area contributed by atoms with Crippen molar-refractivity contribution in [1.29, 1.82) is 31.6 Å². The van der Waals surface area contributed by atoms with Crippen LogP contribution >= 0.6 is 68.0 Å². The van der Waals surface area contributed by atoms with Crippen LogP contribution in [-0.4, -0.2) is 27.4 Å². The Labute approximate surface area is 875 Å². The van der Waals surface area contributed by atoms with E-state index in [4.69, 9.17) is 0 Å². The summed E-state index contributed by atoms with van der Waals surface area (Å²) in [6.07, 6.45) is 0. The first-order valence-electron chi connectivity index (χ1n) is 49.2. The fourth-order valence-electron chi connectivity index (χ4n) is 24.5. The van der Waals surface area contributed by atoms with Crippen molar-refractivity contribution in [3.05, 3.63) is 434 Å². The molecule has 0 aliphatic carbocycles. The first-order valence-corrected chi connectivity index (χ1v) is 54.1. The second kappa shape index (κ2) is 32.6. The normalized spacial score (nSPS) is 12.0. The van der Waals surface area contributed by atoms with Gasteiger partial charge >= 0.3 is 0 Å². The maximum absolute atomic E-state index is 11.2. The fraction of sp³-hybridized carbons (Fsp3) is 0. The quantitative estimate of drug-likeness (QED) is 0.160. The molecule has 0 saturated carbocycles. The third-order valence-electron chi connectivity index (χ3n) is 30.6. The number of benzene rings is 21. The molecule has 18 heteroatoms. The number of nitriles is 6. The smallest absolute Gasteiger partial charge is 0.104 e. The molecule has 0 saturated heterocycles. The lowest BCUT2D eigenvalue weighted by Gasteiger charge is -2.19. The van der Waals surface area contributed by atoms with Gasteiger partial charge in [-0.2, -0.15) is 31.6 Å². The van der Waals surface area contributed by atoms with Crippen molar-refractivity contribution in [2.45, 2.75) is 0 Å². The highest BCUT2D eigenvalue weighted by Gasteiger charge is 2.33. The molecule has 0 atom stereocenters. The summed E-state index contributed by atoms with van der Waals surface area (Å²) in [5.74, 6) is 0. The molecule has 0 N–H and O–H groups in total. The van der Waals surface area contributed by atoms with Crippen LogP contribution in [0.3, 0.4) is 0 Å². The predicted octanol–water partition coefficient (Wildman–Crippen LogP) is 37.1. The SMILES string of the molecule is N#Cc1cc(-n2c3ccccc3c3c4sc5ccccc5c4ccc32)cc(C#N)c1-n1c2ccccc2c2c3sc4ccccc4c3ccc21.N#Cc1ccc(-n2c3ccccc3c3c4sc5ccccc5c4ccc32)c(C#N)c1-n1c2ccccc2c2c3sc4ccccc4c3ccc21.N#Cc1ccc(C#N)c(-n2c3ccccc3c3c4sc5ccccc5c4ccc32)c1-n1c2ccccc2c2c3sc4ccccc4c3ccc21. The van der Waals surface area contributed by atoms with Gasteiger partial charge in [-0.25, -0.2) is 0 Å². The van der Waals surface area contributed by atoms with Gasteiger partial charge in [-0.15, -0.1) is 68.0 Å². The third-order valence-corrected chi connectivity index (χ3v) is 37.8. The van der Waals surface area contributed by atoms with E-state index in [0.717, 1.165) is 131 Å². The molecule has 12 heterocycles. The molecule has 12 nitrogen and oxygen atoms in total. The fourth-order valence-corrected chi connectivity index (χ4v) is 32.0. The van der Waals surface area contributed by atoms with Crippen LogP contribution in [0.4, 0.5) is 0 Å². The average molecular weight is 2010 g/mol. The summed E-state index contributed by atoms with van der Waals surface area (Å²) in [6.45, 7) is 0. The van der Waals surface area contributed by atoms with E-state index in [1.54, 1.807) is 57.5 Å². The number of rotatable bonds is 6. The van der Waals surface area contributed by atoms with Gasteiger partial charge in [0.2, 0.25) is 0 Å². The molecule has 0 amide bonds. The molecule has 0 radical (unpaired) electrons. The van der Waals surface area contributed by atoms with Gasteiger partial charge in [-0.3, -0.25) is 0 Å². The van der Waals surface area contributed by atoms with Crippen molar-refractivity contribution < 1.29 is 0 Å². The summed E-state index contributed by atoms with van der Waals surface area (Å²) in [6, 6.07) is 155. The van der Waals surface area contributed by atoms with Gasteiger partial charge in [0.15, 0.2) is 0 Å². The summed E-state index contributed by atoms with van der Waals surface area (Å²) < 4.78 is 28.0. The Kier molecular flexibility index (Phi) is 18.5. The number of fused-ring (bicyclic) bond motifs is 42. The van der Waals surface area contributed by atoms with E-state index in [9.17, 15) is 31.6 Å². The molecular weight excluding hydrogens is 1950 g/mol. The van der Waals surface area contributed by atoms with Gasteiger partial charge in [-0.05, 0) is 146 Å². The number of nitrogens with zero attached hydrogens (tertiary/aromatic N) is 12. The van der Waals surface area contributed by atoms with Gasteiger partial charge in [0.1, 0.15) is 42.0 Å². The number of aromatic nitrogens is 6. The minimum Gasteiger partial charge on any atom is -0.309 e. The molecule has 690 valence electrons. The summed E-state index contributed by atoms with van der Waals surface area (Å²) in [5.41, 5.74) is 19.0. The summed E-state index contributed by atoms with van der Waals surface area (Å²) >= 11 is 10.8. The van der Waals surface area contributed by atoms with Crippen molar-refractivity contribution >= 4 is 320 Å². The lowest BCUT2D eigenvalue weighted by atomic mass is 10.0. The van der Waals surface area contributed by atoms with E-state index in [2.05, 4.69) is 416 Å². The van der Waals surface area contributed by atoms with Crippen molar-refractivity contribution in [2.75, 3.05) is 0 Å². The number of para-hydroxylation sites is 6. The lowest BCUT2D eigenvalue weighted by Crippen LogP contribution is -2.08. The zero-order valence-electron chi connectivity index (χ0n) is 78.9. The second-order valence-corrected chi connectivity index (χ2v) is 44.3. The van der Waals surface area contributed by atoms with Gasteiger partial charge in [0.05, 0.1) is 122 Å². The first-order chi connectivity index (χ1) is 74.2. The molecule has 0 aliphatic rings. The summed E-state index contributed by atoms with van der Waals surface area (Å²) in [5, 5.41) is 93.6. The van der Waals surface area contributed by atoms with Crippen LogP contribution < -0.4 is 0 Å². The van der Waals surface area contributed by atoms with Crippen molar-refractivity contribution in [3.63, 3.8) is 0 Å². The Morgan fingerprint density at radius 2 is 0.360 bits per heavy atom. The van der Waals surface area contributed by atoms with Crippen LogP contribution in [0.5, 0.6) is 0 Å². The van der Waals surface area contributed by atoms with Crippen LogP contribution in [0.15, 0.2) is 400 Å². The molecule has 33 aromatic rings. The molecule has 0 spiro atoms. The van der Waals surface area contributed by atoms with Gasteiger partial charge in [-0.1, -0.05) is 255 Å². The first kappa shape index (κ1) is 85.1. The van der Waals surface area contributed by atoms with Crippen molar-refractivity contribution in [1.82, 2.24) is 27.4 Å². The van der Waals surface area contributed by atoms with E-state index in [-0.39, 0.29) is 0 Å². The molecule has 12 aromatic heterocycles. The molecule has 0 aliphatic heterocycles. The minimum absolute atomic E-state index is 0.451. The second-order valence-electron chi connectivity index (χ2n) is 38.0. The summed E-state index contributed by atoms with van der Waals surface area (Å²) in [7, 11) is 0. The predicted molar refractivity (Wildman–Crippen MR) is 631 cm³/mol. The highest BCUT2D eigenvalue weighted by molar-refractivity contribution is 7.29. The molecule has 21 aromatic carbocycles. The summed E-state index contributed by atoms with van der Waals surface area (Å²) in [4.78, 5) is 0. The number of hydrogen-bond acceptors (Lipinski definition) is 12. The Balaban J connectivity index is 0.000000101. The van der Waals surface area contributed by atoms with E-state index in [1.807, 2.05) is 59.1 Å². The lowest BCUT2D eigenvalue weighted by molar-refractivity contribution is 1.08. The molecule has 0 unspecified atom stereocenters. The van der Waals surface area contributed by atoms with Crippen LogP contribution in [0.1, 0.15) is 33.4 Å². The third kappa shape index (κ3) is 11.9. The maximum atomic E-state index is 11.2. The molecule has 0 bridgehead atoms. The number of thiophene rings is 6. The van der Waals surface area contributed by atoms with E-state index in [0.29, 0.717) is 56.1 Å². The van der Waals surface area contributed by atoms with E-state index >= 15 is 0 Å². The standard InChI is InChI=1S/3C44H22N4S2/c45-23-25-17-20-35(47-33-13-5-1-11-30(33)40-36(47)21-18-28-26-9-3-7-15-38(26)49-43(28)40)32(24-46)42(25)48-34-14-6-2-12-31(34)41-37(48)22-19-29-27-10-4-8-16-39(27)50-44(29)41;45-23-25-21-27(47-34-13-5-1-11-32(34)40-36(47)19-17-30-28-9-3-7-15-38(28)49-43(30)40)22-26(24-46)42(25)48-35-14-6-2-12-33(35)41-37(48)20-18-31-29-10-4-8-16-39(29)50-44(31)41;45-23-25-17-18-26(24-46)42(48-34-14-6-2-12-32(34)40-36(48)22-20-30-28-10-4-8-16-38(28)50-44(30)40)41(25)47-33-13-5-1-11-31(33)39-35(47)21-19-29-27-9-3-7-15-37(27)49-43(29)39/h3*1-22H. The minimum atomic E-state index is 0.451. The number of hydrogen-bond donors (Lipinski definition) is 0. The molecule has 150 heavy (non-hydrogen) atoms. The van der Waals surface area contributed by atoms with Crippen LogP contribution in [-0.2, 0) is 0 Å².